The quantitative estimate of drug-likeness (QED) is 0.918. The smallest absolute Gasteiger partial charge is 0.257 e. The van der Waals surface area contributed by atoms with E-state index in [1.54, 1.807) is 30.2 Å². The fourth-order valence-corrected chi connectivity index (χ4v) is 2.82. The topological polar surface area (TPSA) is 50.2 Å². The van der Waals surface area contributed by atoms with Crippen LogP contribution >= 0.6 is 0 Å². The summed E-state index contributed by atoms with van der Waals surface area (Å²) >= 11 is 0. The maximum atomic E-state index is 14.1. The number of nitrogens with zero attached hydrogens (tertiary/aromatic N) is 3. The normalized spacial score (nSPS) is 18.5. The highest BCUT2D eigenvalue weighted by atomic mass is 19.1. The Morgan fingerprint density at radius 1 is 1.45 bits per heavy atom. The Morgan fingerprint density at radius 3 is 2.95 bits per heavy atom. The molecule has 1 aromatic heterocycles. The molecule has 6 heteroatoms. The Bertz CT molecular complexity index is 697. The van der Waals surface area contributed by atoms with Gasteiger partial charge in [0, 0.05) is 39.1 Å². The third-order valence-corrected chi connectivity index (χ3v) is 4.02. The Morgan fingerprint density at radius 2 is 2.27 bits per heavy atom. The Hall–Kier alpha value is -2.21. The van der Waals surface area contributed by atoms with Crippen LogP contribution < -0.4 is 5.32 Å². The van der Waals surface area contributed by atoms with Crippen molar-refractivity contribution >= 4 is 5.91 Å². The lowest BCUT2D eigenvalue weighted by molar-refractivity contribution is 0.0616. The van der Waals surface area contributed by atoms with Crippen LogP contribution in [0.3, 0.4) is 0 Å². The molecule has 2 aromatic rings. The van der Waals surface area contributed by atoms with E-state index < -0.39 is 5.82 Å². The first kappa shape index (κ1) is 14.7. The molecule has 2 heterocycles. The minimum absolute atomic E-state index is 0.117. The summed E-state index contributed by atoms with van der Waals surface area (Å²) in [5, 5.41) is 3.27. The molecule has 1 aliphatic rings. The van der Waals surface area contributed by atoms with E-state index in [4.69, 9.17) is 0 Å². The van der Waals surface area contributed by atoms with Gasteiger partial charge in [0.15, 0.2) is 0 Å². The van der Waals surface area contributed by atoms with E-state index >= 15 is 0 Å². The lowest BCUT2D eigenvalue weighted by Crippen LogP contribution is -2.49. The van der Waals surface area contributed by atoms with Gasteiger partial charge in [-0.2, -0.15) is 0 Å². The van der Waals surface area contributed by atoms with E-state index in [9.17, 15) is 9.18 Å². The van der Waals surface area contributed by atoms with Crippen molar-refractivity contribution < 1.29 is 9.18 Å². The Kier molecular flexibility index (Phi) is 3.94. The summed E-state index contributed by atoms with van der Waals surface area (Å²) in [6.45, 7) is 3.65. The second kappa shape index (κ2) is 5.88. The molecule has 3 rings (SSSR count). The molecule has 0 aliphatic carbocycles. The average Bonchev–Trinajstić information content (AvgIpc) is 2.93. The van der Waals surface area contributed by atoms with Crippen molar-refractivity contribution in [1.29, 1.82) is 0 Å². The van der Waals surface area contributed by atoms with E-state index in [-0.39, 0.29) is 17.5 Å². The zero-order valence-electron chi connectivity index (χ0n) is 12.7. The molecule has 0 spiro atoms. The van der Waals surface area contributed by atoms with Gasteiger partial charge in [0.1, 0.15) is 17.7 Å². The van der Waals surface area contributed by atoms with Crippen LogP contribution in [0.4, 0.5) is 4.39 Å². The van der Waals surface area contributed by atoms with Crippen molar-refractivity contribution in [2.24, 2.45) is 7.05 Å². The second-order valence-corrected chi connectivity index (χ2v) is 5.60. The minimum Gasteiger partial charge on any atom is -0.336 e. The fourth-order valence-electron chi connectivity index (χ4n) is 2.82. The average molecular weight is 302 g/mol. The molecule has 0 bridgehead atoms. The van der Waals surface area contributed by atoms with Crippen molar-refractivity contribution in [3.05, 3.63) is 53.4 Å². The van der Waals surface area contributed by atoms with Crippen LogP contribution in [0.5, 0.6) is 0 Å². The van der Waals surface area contributed by atoms with E-state index in [0.29, 0.717) is 19.6 Å². The van der Waals surface area contributed by atoms with Gasteiger partial charge in [-0.3, -0.25) is 4.79 Å². The number of hydrogen-bond acceptors (Lipinski definition) is 3. The molecule has 116 valence electrons. The number of amides is 1. The van der Waals surface area contributed by atoms with Gasteiger partial charge in [0.05, 0.1) is 5.56 Å². The van der Waals surface area contributed by atoms with E-state index in [1.807, 2.05) is 17.8 Å². The van der Waals surface area contributed by atoms with Crippen LogP contribution in [0, 0.1) is 12.7 Å². The number of hydrogen-bond donors (Lipinski definition) is 1. The summed E-state index contributed by atoms with van der Waals surface area (Å²) in [7, 11) is 1.89. The number of benzene rings is 1. The summed E-state index contributed by atoms with van der Waals surface area (Å²) in [5.41, 5.74) is 0.918. The van der Waals surface area contributed by atoms with Gasteiger partial charge in [0.2, 0.25) is 0 Å². The summed E-state index contributed by atoms with van der Waals surface area (Å²) < 4.78 is 16.0. The Balaban J connectivity index is 1.93. The summed E-state index contributed by atoms with van der Waals surface area (Å²) in [4.78, 5) is 18.8. The van der Waals surface area contributed by atoms with Crippen molar-refractivity contribution in [2.75, 3.05) is 19.6 Å². The number of aryl methyl sites for hydroxylation is 2. The van der Waals surface area contributed by atoms with Crippen LogP contribution in [0.15, 0.2) is 30.6 Å². The van der Waals surface area contributed by atoms with Gasteiger partial charge in [-0.1, -0.05) is 6.07 Å². The zero-order chi connectivity index (χ0) is 15.7. The monoisotopic (exact) mass is 302 g/mol. The molecule has 1 aromatic carbocycles. The van der Waals surface area contributed by atoms with Crippen molar-refractivity contribution in [2.45, 2.75) is 13.0 Å². The highest BCUT2D eigenvalue weighted by Crippen LogP contribution is 2.23. The minimum atomic E-state index is -0.470. The first-order valence-corrected chi connectivity index (χ1v) is 7.33. The van der Waals surface area contributed by atoms with E-state index in [0.717, 1.165) is 11.4 Å². The number of rotatable bonds is 2. The lowest BCUT2D eigenvalue weighted by atomic mass is 10.1. The summed E-state index contributed by atoms with van der Waals surface area (Å²) in [5.74, 6) is 0.0437. The fraction of sp³-hybridized carbons (Fsp3) is 0.375. The Labute approximate surface area is 128 Å². The maximum absolute atomic E-state index is 14.1. The number of carbonyl (C=O) groups is 1. The number of aromatic nitrogens is 2. The highest BCUT2D eigenvalue weighted by molar-refractivity contribution is 5.95. The van der Waals surface area contributed by atoms with Crippen LogP contribution in [-0.4, -0.2) is 40.0 Å². The van der Waals surface area contributed by atoms with Gasteiger partial charge >= 0.3 is 0 Å². The first-order valence-electron chi connectivity index (χ1n) is 7.33. The molecular weight excluding hydrogens is 283 g/mol. The molecule has 0 saturated carbocycles. The van der Waals surface area contributed by atoms with Crippen LogP contribution in [0.2, 0.25) is 0 Å². The van der Waals surface area contributed by atoms with E-state index in [1.165, 1.54) is 6.07 Å². The largest absolute Gasteiger partial charge is 0.336 e. The number of imidazole rings is 1. The summed E-state index contributed by atoms with van der Waals surface area (Å²) in [6, 6.07) is 4.52. The van der Waals surface area contributed by atoms with Crippen LogP contribution in [0.1, 0.15) is 27.8 Å². The standard InChI is InChI=1S/C16H19FN4O/c1-11-3-4-12(13(17)9-11)16(22)21-8-5-18-10-14(21)15-19-6-7-20(15)2/h3-4,6-7,9,14,18H,5,8,10H2,1-2H3. The molecule has 1 fully saturated rings. The first-order chi connectivity index (χ1) is 10.6. The molecular formula is C16H19FN4O. The molecule has 1 saturated heterocycles. The molecule has 1 unspecified atom stereocenters. The second-order valence-electron chi connectivity index (χ2n) is 5.60. The van der Waals surface area contributed by atoms with Gasteiger partial charge < -0.3 is 14.8 Å². The molecule has 22 heavy (non-hydrogen) atoms. The SMILES string of the molecule is Cc1ccc(C(=O)N2CCNCC2c2nccn2C)c(F)c1. The molecule has 0 radical (unpaired) electrons. The van der Waals surface area contributed by atoms with Gasteiger partial charge in [-0.25, -0.2) is 9.37 Å². The van der Waals surface area contributed by atoms with Crippen LogP contribution in [0.25, 0.3) is 0 Å². The number of nitrogens with one attached hydrogen (secondary N) is 1. The van der Waals surface area contributed by atoms with E-state index in [2.05, 4.69) is 10.3 Å². The van der Waals surface area contributed by atoms with Crippen LogP contribution in [-0.2, 0) is 7.05 Å². The molecule has 1 N–H and O–H groups in total. The predicted molar refractivity (Wildman–Crippen MR) is 81.0 cm³/mol. The van der Waals surface area contributed by atoms with Crippen molar-refractivity contribution in [3.8, 4) is 0 Å². The third-order valence-electron chi connectivity index (χ3n) is 4.02. The maximum Gasteiger partial charge on any atom is 0.257 e. The van der Waals surface area contributed by atoms with Gasteiger partial charge in [-0.05, 0) is 24.6 Å². The van der Waals surface area contributed by atoms with Gasteiger partial charge in [-0.15, -0.1) is 0 Å². The summed E-state index contributed by atoms with van der Waals surface area (Å²) in [6.07, 6.45) is 3.55. The molecule has 1 amide bonds. The van der Waals surface area contributed by atoms with Crippen molar-refractivity contribution in [1.82, 2.24) is 19.8 Å². The molecule has 1 aliphatic heterocycles. The lowest BCUT2D eigenvalue weighted by Gasteiger charge is -2.35. The molecule has 1 atom stereocenters. The number of piperazine rings is 1. The third kappa shape index (κ3) is 2.62. The molecule has 5 nitrogen and oxygen atoms in total. The van der Waals surface area contributed by atoms with Gasteiger partial charge in [0.25, 0.3) is 5.91 Å². The number of carbonyl (C=O) groups excluding carboxylic acids is 1. The highest BCUT2D eigenvalue weighted by Gasteiger charge is 2.32. The predicted octanol–water partition coefficient (Wildman–Crippen LogP) is 1.65. The number of halogens is 1. The zero-order valence-corrected chi connectivity index (χ0v) is 12.7. The van der Waals surface area contributed by atoms with Crippen molar-refractivity contribution in [3.63, 3.8) is 0 Å².